The minimum absolute atomic E-state index is 0.655. The fourth-order valence-electron chi connectivity index (χ4n) is 1.88. The molecule has 1 nitrogen and oxygen atoms in total. The summed E-state index contributed by atoms with van der Waals surface area (Å²) in [4.78, 5) is 0. The van der Waals surface area contributed by atoms with E-state index in [-0.39, 0.29) is 0 Å². The molecule has 2 heteroatoms. The zero-order valence-electron chi connectivity index (χ0n) is 11.3. The van der Waals surface area contributed by atoms with Crippen LogP contribution in [0.4, 0.5) is 0 Å². The van der Waals surface area contributed by atoms with Crippen molar-refractivity contribution in [3.63, 3.8) is 0 Å². The Hall–Kier alpha value is -0.470. The highest BCUT2D eigenvalue weighted by atomic mass is 32.2. The second-order valence-corrected chi connectivity index (χ2v) is 6.31. The third-order valence-electron chi connectivity index (χ3n) is 2.83. The van der Waals surface area contributed by atoms with Crippen molar-refractivity contribution < 1.29 is 0 Å². The lowest BCUT2D eigenvalue weighted by Crippen LogP contribution is -2.21. The minimum atomic E-state index is 0.655. The Kier molecular flexibility index (Phi) is 7.38. The van der Waals surface area contributed by atoms with E-state index in [1.807, 2.05) is 0 Å². The number of nitrogens with one attached hydrogen (secondary N) is 1. The molecule has 0 aliphatic carbocycles. The molecule has 0 amide bonds. The Labute approximate surface area is 110 Å². The Morgan fingerprint density at radius 3 is 2.47 bits per heavy atom. The van der Waals surface area contributed by atoms with E-state index in [1.54, 1.807) is 0 Å². The molecule has 0 spiro atoms. The van der Waals surface area contributed by atoms with Gasteiger partial charge in [0.2, 0.25) is 0 Å². The van der Waals surface area contributed by atoms with E-state index in [4.69, 9.17) is 0 Å². The molecule has 1 N–H and O–H groups in total. The molecule has 1 unspecified atom stereocenters. The normalized spacial score (nSPS) is 12.9. The Bertz CT molecular complexity index is 284. The average molecular weight is 251 g/mol. The molecular formula is C15H25NS. The van der Waals surface area contributed by atoms with Gasteiger partial charge >= 0.3 is 0 Å². The van der Waals surface area contributed by atoms with E-state index < -0.39 is 0 Å². The van der Waals surface area contributed by atoms with E-state index in [1.165, 1.54) is 17.7 Å². The highest BCUT2D eigenvalue weighted by Crippen LogP contribution is 2.22. The van der Waals surface area contributed by atoms with Crippen molar-refractivity contribution in [2.75, 3.05) is 18.8 Å². The van der Waals surface area contributed by atoms with Crippen LogP contribution in [0.5, 0.6) is 0 Å². The summed E-state index contributed by atoms with van der Waals surface area (Å²) < 4.78 is 0. The number of rotatable bonds is 8. The Balaban J connectivity index is 2.48. The SMILES string of the molecule is CCNCC(CCSC(C)C)c1ccccc1. The number of likely N-dealkylation sites (N-methyl/N-ethyl adjacent to an activating group) is 1. The van der Waals surface area contributed by atoms with Crippen molar-refractivity contribution in [1.29, 1.82) is 0 Å². The van der Waals surface area contributed by atoms with Crippen LogP contribution in [0.15, 0.2) is 30.3 Å². The smallest absolute Gasteiger partial charge is 0.00203 e. The predicted octanol–water partition coefficient (Wildman–Crippen LogP) is 3.91. The van der Waals surface area contributed by atoms with Crippen LogP contribution in [-0.4, -0.2) is 24.1 Å². The minimum Gasteiger partial charge on any atom is -0.316 e. The highest BCUT2D eigenvalue weighted by molar-refractivity contribution is 7.99. The van der Waals surface area contributed by atoms with Crippen molar-refractivity contribution in [3.8, 4) is 0 Å². The maximum Gasteiger partial charge on any atom is 0.00203 e. The fraction of sp³-hybridized carbons (Fsp3) is 0.600. The lowest BCUT2D eigenvalue weighted by Gasteiger charge is -2.18. The molecule has 1 atom stereocenters. The Morgan fingerprint density at radius 1 is 1.18 bits per heavy atom. The Morgan fingerprint density at radius 2 is 1.88 bits per heavy atom. The van der Waals surface area contributed by atoms with Gasteiger partial charge in [0.05, 0.1) is 0 Å². The van der Waals surface area contributed by atoms with Crippen molar-refractivity contribution in [3.05, 3.63) is 35.9 Å². The van der Waals surface area contributed by atoms with Gasteiger partial charge in [0.25, 0.3) is 0 Å². The van der Waals surface area contributed by atoms with Crippen LogP contribution < -0.4 is 5.32 Å². The summed E-state index contributed by atoms with van der Waals surface area (Å²) >= 11 is 2.06. The molecule has 1 aromatic rings. The van der Waals surface area contributed by atoms with E-state index in [0.717, 1.165) is 18.3 Å². The molecule has 1 rings (SSSR count). The van der Waals surface area contributed by atoms with Gasteiger partial charge in [-0.05, 0) is 35.4 Å². The van der Waals surface area contributed by atoms with Crippen molar-refractivity contribution >= 4 is 11.8 Å². The first-order valence-corrected chi connectivity index (χ1v) is 7.66. The monoisotopic (exact) mass is 251 g/mol. The molecule has 0 aliphatic heterocycles. The van der Waals surface area contributed by atoms with Gasteiger partial charge in [-0.1, -0.05) is 51.1 Å². The molecule has 0 radical (unpaired) electrons. The number of benzene rings is 1. The van der Waals surface area contributed by atoms with Crippen molar-refractivity contribution in [2.45, 2.75) is 38.4 Å². The summed E-state index contributed by atoms with van der Waals surface area (Å²) in [6.07, 6.45) is 1.26. The molecule has 0 saturated carbocycles. The molecule has 17 heavy (non-hydrogen) atoms. The van der Waals surface area contributed by atoms with Gasteiger partial charge < -0.3 is 5.32 Å². The lowest BCUT2D eigenvalue weighted by molar-refractivity contribution is 0.587. The molecule has 0 aliphatic rings. The van der Waals surface area contributed by atoms with Crippen LogP contribution in [0.25, 0.3) is 0 Å². The van der Waals surface area contributed by atoms with E-state index in [0.29, 0.717) is 5.92 Å². The summed E-state index contributed by atoms with van der Waals surface area (Å²) in [6.45, 7) is 8.86. The van der Waals surface area contributed by atoms with Gasteiger partial charge in [-0.25, -0.2) is 0 Å². The summed E-state index contributed by atoms with van der Waals surface area (Å²) in [5, 5.41) is 4.22. The standard InChI is InChI=1S/C15H25NS/c1-4-16-12-15(10-11-17-13(2)3)14-8-6-5-7-9-14/h5-9,13,15-16H,4,10-12H2,1-3H3. The molecule has 96 valence electrons. The van der Waals surface area contributed by atoms with Crippen LogP contribution in [0.1, 0.15) is 38.7 Å². The predicted molar refractivity (Wildman–Crippen MR) is 79.9 cm³/mol. The lowest BCUT2D eigenvalue weighted by atomic mass is 9.96. The van der Waals surface area contributed by atoms with Crippen LogP contribution in [-0.2, 0) is 0 Å². The first-order chi connectivity index (χ1) is 8.24. The van der Waals surface area contributed by atoms with Crippen molar-refractivity contribution in [2.24, 2.45) is 0 Å². The average Bonchev–Trinajstić information content (AvgIpc) is 2.34. The maximum absolute atomic E-state index is 3.48. The van der Waals surface area contributed by atoms with Gasteiger partial charge in [0.1, 0.15) is 0 Å². The molecule has 0 saturated heterocycles. The molecule has 0 aromatic heterocycles. The number of hydrogen-bond donors (Lipinski definition) is 1. The maximum atomic E-state index is 3.48. The first kappa shape index (κ1) is 14.6. The summed E-state index contributed by atoms with van der Waals surface area (Å²) in [7, 11) is 0. The summed E-state index contributed by atoms with van der Waals surface area (Å²) in [5.41, 5.74) is 1.47. The molecule has 0 bridgehead atoms. The molecule has 1 aromatic carbocycles. The van der Waals surface area contributed by atoms with E-state index >= 15 is 0 Å². The zero-order chi connectivity index (χ0) is 12.5. The second kappa shape index (κ2) is 8.60. The van der Waals surface area contributed by atoms with Gasteiger partial charge in [-0.3, -0.25) is 0 Å². The van der Waals surface area contributed by atoms with Crippen LogP contribution in [0, 0.1) is 0 Å². The second-order valence-electron chi connectivity index (χ2n) is 4.62. The molecular weight excluding hydrogens is 226 g/mol. The van der Waals surface area contributed by atoms with Crippen LogP contribution in [0.3, 0.4) is 0 Å². The fourth-order valence-corrected chi connectivity index (χ4v) is 2.77. The quantitative estimate of drug-likeness (QED) is 0.752. The molecule has 0 fully saturated rings. The zero-order valence-corrected chi connectivity index (χ0v) is 12.1. The third-order valence-corrected chi connectivity index (χ3v) is 3.97. The van der Waals surface area contributed by atoms with Crippen LogP contribution in [0.2, 0.25) is 0 Å². The summed E-state index contributed by atoms with van der Waals surface area (Å²) in [6, 6.07) is 10.9. The van der Waals surface area contributed by atoms with Gasteiger partial charge in [-0.2, -0.15) is 11.8 Å². The van der Waals surface area contributed by atoms with Gasteiger partial charge in [0, 0.05) is 6.54 Å². The number of hydrogen-bond acceptors (Lipinski definition) is 2. The third kappa shape index (κ3) is 6.13. The van der Waals surface area contributed by atoms with Crippen LogP contribution >= 0.6 is 11.8 Å². The summed E-state index contributed by atoms with van der Waals surface area (Å²) in [5.74, 6) is 1.91. The topological polar surface area (TPSA) is 12.0 Å². The molecule has 0 heterocycles. The van der Waals surface area contributed by atoms with E-state index in [2.05, 4.69) is 68.2 Å². The van der Waals surface area contributed by atoms with Gasteiger partial charge in [-0.15, -0.1) is 0 Å². The van der Waals surface area contributed by atoms with Gasteiger partial charge in [0.15, 0.2) is 0 Å². The largest absolute Gasteiger partial charge is 0.316 e. The van der Waals surface area contributed by atoms with E-state index in [9.17, 15) is 0 Å². The first-order valence-electron chi connectivity index (χ1n) is 6.61. The number of thioether (sulfide) groups is 1. The highest BCUT2D eigenvalue weighted by Gasteiger charge is 2.10. The van der Waals surface area contributed by atoms with Crippen molar-refractivity contribution in [1.82, 2.24) is 5.32 Å².